The summed E-state index contributed by atoms with van der Waals surface area (Å²) in [6.07, 6.45) is 1.78. The van der Waals surface area contributed by atoms with Crippen molar-refractivity contribution in [2.24, 2.45) is 0 Å². The van der Waals surface area contributed by atoms with Gasteiger partial charge in [-0.1, -0.05) is 29.8 Å². The Morgan fingerprint density at radius 2 is 1.68 bits per heavy atom. The van der Waals surface area contributed by atoms with E-state index in [1.54, 1.807) is 0 Å². The summed E-state index contributed by atoms with van der Waals surface area (Å²) in [5, 5.41) is 0. The molecule has 0 aromatic heterocycles. The fraction of sp³-hybridized carbons (Fsp3) is 0.350. The van der Waals surface area contributed by atoms with Crippen LogP contribution in [0.3, 0.4) is 0 Å². The van der Waals surface area contributed by atoms with Crippen LogP contribution in [0.25, 0.3) is 0 Å². The molecule has 134 valence electrons. The van der Waals surface area contributed by atoms with Gasteiger partial charge in [0.05, 0.1) is 5.56 Å². The van der Waals surface area contributed by atoms with Gasteiger partial charge < -0.3 is 10.5 Å². The van der Waals surface area contributed by atoms with E-state index < -0.39 is 0 Å². The molecule has 0 unspecified atom stereocenters. The number of esters is 1. The average molecular weight is 361 g/mol. The van der Waals surface area contributed by atoms with Gasteiger partial charge in [0.15, 0.2) is 0 Å². The Morgan fingerprint density at radius 1 is 1.08 bits per heavy atom. The van der Waals surface area contributed by atoms with Crippen molar-refractivity contribution in [2.45, 2.75) is 32.4 Å². The number of hydrogen-bond acceptors (Lipinski definition) is 4. The Bertz CT molecular complexity index is 678. The van der Waals surface area contributed by atoms with E-state index in [9.17, 15) is 4.79 Å². The minimum atomic E-state index is -0.216. The number of carbonyl (C=O) groups excluding carboxylic acids is 1. The summed E-state index contributed by atoms with van der Waals surface area (Å²) >= 11 is 0. The van der Waals surface area contributed by atoms with Gasteiger partial charge in [0, 0.05) is 25.3 Å². The second kappa shape index (κ2) is 8.88. The van der Waals surface area contributed by atoms with Crippen LogP contribution in [0.5, 0.6) is 0 Å². The molecule has 1 heterocycles. The minimum absolute atomic E-state index is 0. The number of aryl methyl sites for hydroxylation is 1. The molecule has 1 aliphatic heterocycles. The van der Waals surface area contributed by atoms with Gasteiger partial charge in [-0.25, -0.2) is 4.79 Å². The number of nitrogens with two attached hydrogens (primary N) is 1. The number of carbonyl (C=O) groups is 1. The van der Waals surface area contributed by atoms with Crippen LogP contribution in [-0.2, 0) is 11.3 Å². The Kier molecular flexibility index (Phi) is 6.85. The molecule has 5 heteroatoms. The molecule has 4 nitrogen and oxygen atoms in total. The number of piperidine rings is 1. The molecule has 1 fully saturated rings. The van der Waals surface area contributed by atoms with E-state index >= 15 is 0 Å². The molecule has 0 saturated carbocycles. The highest BCUT2D eigenvalue weighted by atomic mass is 35.5. The highest BCUT2D eigenvalue weighted by molar-refractivity contribution is 5.89. The zero-order valence-electron chi connectivity index (χ0n) is 14.5. The molecule has 2 aromatic rings. The molecule has 0 amide bonds. The van der Waals surface area contributed by atoms with Gasteiger partial charge in [0.1, 0.15) is 6.10 Å². The number of ether oxygens (including phenoxy) is 1. The van der Waals surface area contributed by atoms with Gasteiger partial charge in [-0.05, 0) is 49.6 Å². The summed E-state index contributed by atoms with van der Waals surface area (Å²) in [7, 11) is 0. The van der Waals surface area contributed by atoms with E-state index in [-0.39, 0.29) is 24.5 Å². The van der Waals surface area contributed by atoms with E-state index in [0.29, 0.717) is 5.56 Å². The monoisotopic (exact) mass is 360 g/mol. The van der Waals surface area contributed by atoms with Gasteiger partial charge in [-0.15, -0.1) is 12.4 Å². The van der Waals surface area contributed by atoms with Gasteiger partial charge in [0.2, 0.25) is 0 Å². The zero-order chi connectivity index (χ0) is 16.9. The lowest BCUT2D eigenvalue weighted by Crippen LogP contribution is -2.37. The Labute approximate surface area is 155 Å². The number of nitrogen functional groups attached to an aromatic ring is 1. The van der Waals surface area contributed by atoms with Crippen LogP contribution < -0.4 is 5.73 Å². The molecule has 3 rings (SSSR count). The maximum Gasteiger partial charge on any atom is 0.338 e. The van der Waals surface area contributed by atoms with Crippen LogP contribution in [0, 0.1) is 6.92 Å². The predicted octanol–water partition coefficient (Wildman–Crippen LogP) is 3.82. The maximum absolute atomic E-state index is 12.2. The number of rotatable bonds is 4. The molecular weight excluding hydrogens is 336 g/mol. The summed E-state index contributed by atoms with van der Waals surface area (Å²) in [5.41, 5.74) is 9.54. The fourth-order valence-electron chi connectivity index (χ4n) is 2.98. The third kappa shape index (κ3) is 5.48. The number of halogens is 1. The molecule has 1 saturated heterocycles. The van der Waals surface area contributed by atoms with E-state index in [0.717, 1.165) is 43.7 Å². The Balaban J connectivity index is 0.00000225. The van der Waals surface area contributed by atoms with Gasteiger partial charge >= 0.3 is 5.97 Å². The van der Waals surface area contributed by atoms with Crippen molar-refractivity contribution < 1.29 is 9.53 Å². The molecule has 2 aromatic carbocycles. The second-order valence-corrected chi connectivity index (χ2v) is 6.49. The first-order valence-corrected chi connectivity index (χ1v) is 8.44. The summed E-state index contributed by atoms with van der Waals surface area (Å²) in [5.74, 6) is -0.216. The van der Waals surface area contributed by atoms with Gasteiger partial charge in [-0.2, -0.15) is 0 Å². The highest BCUT2D eigenvalue weighted by Gasteiger charge is 2.22. The Morgan fingerprint density at radius 3 is 2.28 bits per heavy atom. The number of likely N-dealkylation sites (tertiary alicyclic amines) is 1. The molecule has 0 aliphatic carbocycles. The first-order valence-electron chi connectivity index (χ1n) is 8.44. The predicted molar refractivity (Wildman–Crippen MR) is 103 cm³/mol. The van der Waals surface area contributed by atoms with Crippen LogP contribution in [-0.4, -0.2) is 30.1 Å². The van der Waals surface area contributed by atoms with E-state index in [1.807, 2.05) is 43.3 Å². The fourth-order valence-corrected chi connectivity index (χ4v) is 2.98. The van der Waals surface area contributed by atoms with Crippen LogP contribution in [0.1, 0.15) is 34.3 Å². The Hall–Kier alpha value is -2.04. The largest absolute Gasteiger partial charge is 0.459 e. The lowest BCUT2D eigenvalue weighted by molar-refractivity contribution is 0.0104. The molecule has 0 atom stereocenters. The number of nitrogens with zero attached hydrogens (tertiary/aromatic N) is 1. The summed E-state index contributed by atoms with van der Waals surface area (Å²) in [4.78, 5) is 14.6. The smallest absolute Gasteiger partial charge is 0.338 e. The molecule has 2 N–H and O–H groups in total. The average Bonchev–Trinajstić information content (AvgIpc) is 2.59. The normalized spacial score (nSPS) is 15.4. The molecular formula is C20H25ClN2O2. The van der Waals surface area contributed by atoms with Crippen LogP contribution in [0.2, 0.25) is 0 Å². The quantitative estimate of drug-likeness (QED) is 0.665. The maximum atomic E-state index is 12.2. The van der Waals surface area contributed by atoms with Crippen molar-refractivity contribution in [1.82, 2.24) is 4.90 Å². The third-order valence-corrected chi connectivity index (χ3v) is 4.48. The summed E-state index contributed by atoms with van der Waals surface area (Å²) in [6, 6.07) is 15.5. The zero-order valence-corrected chi connectivity index (χ0v) is 15.3. The molecule has 0 bridgehead atoms. The highest BCUT2D eigenvalue weighted by Crippen LogP contribution is 2.18. The first-order chi connectivity index (χ1) is 11.6. The van der Waals surface area contributed by atoms with Crippen molar-refractivity contribution in [2.75, 3.05) is 18.8 Å². The number of benzene rings is 2. The lowest BCUT2D eigenvalue weighted by atomic mass is 10.1. The summed E-state index contributed by atoms with van der Waals surface area (Å²) < 4.78 is 5.65. The standard InChI is InChI=1S/C20H24N2O2.ClH/c1-15-2-6-17(7-3-15)20(23)24-19-10-12-22(13-11-19)14-16-4-8-18(21)9-5-16;/h2-9,19H,10-14,21H2,1H3;1H. The molecule has 0 radical (unpaired) electrons. The van der Waals surface area contributed by atoms with Gasteiger partial charge in [0.25, 0.3) is 0 Å². The first kappa shape index (κ1) is 19.3. The van der Waals surface area contributed by atoms with Crippen LogP contribution in [0.15, 0.2) is 48.5 Å². The van der Waals surface area contributed by atoms with Crippen molar-refractivity contribution in [1.29, 1.82) is 0 Å². The molecule has 1 aliphatic rings. The molecule has 25 heavy (non-hydrogen) atoms. The van der Waals surface area contributed by atoms with E-state index in [2.05, 4.69) is 17.0 Å². The van der Waals surface area contributed by atoms with Crippen LogP contribution in [0.4, 0.5) is 5.69 Å². The van der Waals surface area contributed by atoms with Gasteiger partial charge in [-0.3, -0.25) is 4.90 Å². The lowest BCUT2D eigenvalue weighted by Gasteiger charge is -2.31. The van der Waals surface area contributed by atoms with Crippen LogP contribution >= 0.6 is 12.4 Å². The SMILES string of the molecule is Cc1ccc(C(=O)OC2CCN(Cc3ccc(N)cc3)CC2)cc1.Cl. The van der Waals surface area contributed by atoms with Crippen molar-refractivity contribution in [3.63, 3.8) is 0 Å². The minimum Gasteiger partial charge on any atom is -0.459 e. The van der Waals surface area contributed by atoms with E-state index in [4.69, 9.17) is 10.5 Å². The van der Waals surface area contributed by atoms with Crippen molar-refractivity contribution in [3.05, 3.63) is 65.2 Å². The second-order valence-electron chi connectivity index (χ2n) is 6.49. The topological polar surface area (TPSA) is 55.6 Å². The summed E-state index contributed by atoms with van der Waals surface area (Å²) in [6.45, 7) is 4.80. The van der Waals surface area contributed by atoms with Crippen molar-refractivity contribution >= 4 is 24.1 Å². The number of hydrogen-bond donors (Lipinski definition) is 1. The van der Waals surface area contributed by atoms with Crippen molar-refractivity contribution in [3.8, 4) is 0 Å². The third-order valence-electron chi connectivity index (χ3n) is 4.48. The molecule has 0 spiro atoms. The van der Waals surface area contributed by atoms with E-state index in [1.165, 1.54) is 5.56 Å². The number of anilines is 1.